The highest BCUT2D eigenvalue weighted by Gasteiger charge is 2.23. The number of rotatable bonds is 10. The summed E-state index contributed by atoms with van der Waals surface area (Å²) in [7, 11) is -3.91. The summed E-state index contributed by atoms with van der Waals surface area (Å²) >= 11 is 0. The van der Waals surface area contributed by atoms with E-state index in [1.54, 1.807) is 0 Å². The molecule has 5 heteroatoms. The summed E-state index contributed by atoms with van der Waals surface area (Å²) in [6.45, 7) is 18.0. The summed E-state index contributed by atoms with van der Waals surface area (Å²) < 4.78 is 22.0. The van der Waals surface area contributed by atoms with Crippen LogP contribution in [-0.2, 0) is 13.6 Å². The molecule has 0 heterocycles. The summed E-state index contributed by atoms with van der Waals surface area (Å²) in [4.78, 5) is 9.72. The Kier molecular flexibility index (Phi) is 9.60. The van der Waals surface area contributed by atoms with E-state index in [2.05, 4.69) is 55.4 Å². The van der Waals surface area contributed by atoms with E-state index < -0.39 is 7.82 Å². The lowest BCUT2D eigenvalue weighted by Gasteiger charge is -2.24. The SMILES string of the molecule is C[C@H](CCOP(=O)(O)OCC[C@@H](C)CC(C)(C)C)CC(C)(C)C. The standard InChI is InChI=1S/C18H39O4P/c1-15(13-17(3,4)5)9-11-21-23(19,20)22-12-10-16(2)14-18(6,7)8/h15-16H,9-14H2,1-8H3,(H,19,20)/t15-,16-/m1/s1. The molecule has 0 aliphatic rings. The molecule has 23 heavy (non-hydrogen) atoms. The third-order valence-corrected chi connectivity index (χ3v) is 4.67. The van der Waals surface area contributed by atoms with Gasteiger partial charge in [0.25, 0.3) is 0 Å². The Bertz CT molecular complexity index is 336. The summed E-state index contributed by atoms with van der Waals surface area (Å²) in [5, 5.41) is 0. The Balaban J connectivity index is 3.95. The molecule has 4 nitrogen and oxygen atoms in total. The zero-order valence-electron chi connectivity index (χ0n) is 16.5. The van der Waals surface area contributed by atoms with E-state index in [1.165, 1.54) is 0 Å². The molecular formula is C18H39O4P. The first-order chi connectivity index (χ1) is 10.2. The van der Waals surface area contributed by atoms with Crippen molar-refractivity contribution >= 4 is 7.82 Å². The van der Waals surface area contributed by atoms with Gasteiger partial charge in [0.2, 0.25) is 0 Å². The molecule has 0 fully saturated rings. The first-order valence-electron chi connectivity index (χ1n) is 8.82. The van der Waals surface area contributed by atoms with Crippen molar-refractivity contribution in [2.45, 2.75) is 81.1 Å². The number of phosphoric ester groups is 1. The third-order valence-electron chi connectivity index (χ3n) is 3.65. The molecule has 0 aliphatic heterocycles. The molecule has 0 spiro atoms. The molecule has 0 aromatic carbocycles. The maximum Gasteiger partial charge on any atom is 0.472 e. The molecule has 0 saturated carbocycles. The quantitative estimate of drug-likeness (QED) is 0.488. The van der Waals surface area contributed by atoms with Gasteiger partial charge in [-0.15, -0.1) is 0 Å². The lowest BCUT2D eigenvalue weighted by molar-refractivity contribution is 0.131. The van der Waals surface area contributed by atoms with Gasteiger partial charge in [0.15, 0.2) is 0 Å². The second-order valence-corrected chi connectivity index (χ2v) is 10.9. The maximum absolute atomic E-state index is 11.9. The zero-order chi connectivity index (χ0) is 18.3. The second kappa shape index (κ2) is 9.56. The van der Waals surface area contributed by atoms with Crippen LogP contribution in [0.25, 0.3) is 0 Å². The number of hydrogen-bond acceptors (Lipinski definition) is 3. The predicted octanol–water partition coefficient (Wildman–Crippen LogP) is 6.04. The normalized spacial score (nSPS) is 16.4. The van der Waals surface area contributed by atoms with Gasteiger partial charge in [-0.25, -0.2) is 4.57 Å². The molecule has 0 bridgehead atoms. The van der Waals surface area contributed by atoms with Gasteiger partial charge >= 0.3 is 7.82 Å². The van der Waals surface area contributed by atoms with Gasteiger partial charge < -0.3 is 4.89 Å². The minimum Gasteiger partial charge on any atom is -0.302 e. The van der Waals surface area contributed by atoms with E-state index >= 15 is 0 Å². The third kappa shape index (κ3) is 15.4. The minimum atomic E-state index is -3.91. The van der Waals surface area contributed by atoms with Crippen LogP contribution >= 0.6 is 7.82 Å². The fraction of sp³-hybridized carbons (Fsp3) is 1.00. The molecule has 0 aliphatic carbocycles. The summed E-state index contributed by atoms with van der Waals surface area (Å²) in [6.07, 6.45) is 3.67. The zero-order valence-corrected chi connectivity index (χ0v) is 17.4. The molecule has 140 valence electrons. The lowest BCUT2D eigenvalue weighted by Crippen LogP contribution is -2.13. The highest BCUT2D eigenvalue weighted by molar-refractivity contribution is 7.47. The molecule has 0 rings (SSSR count). The average Bonchev–Trinajstić information content (AvgIpc) is 2.22. The molecular weight excluding hydrogens is 311 g/mol. The molecule has 1 N–H and O–H groups in total. The molecule has 0 saturated heterocycles. The fourth-order valence-electron chi connectivity index (χ4n) is 3.07. The predicted molar refractivity (Wildman–Crippen MR) is 97.4 cm³/mol. The molecule has 2 atom stereocenters. The van der Waals surface area contributed by atoms with Gasteiger partial charge in [0.05, 0.1) is 13.2 Å². The van der Waals surface area contributed by atoms with Crippen molar-refractivity contribution in [3.63, 3.8) is 0 Å². The first kappa shape index (κ1) is 23.1. The Morgan fingerprint density at radius 2 is 1.13 bits per heavy atom. The first-order valence-corrected chi connectivity index (χ1v) is 10.3. The van der Waals surface area contributed by atoms with Crippen molar-refractivity contribution in [2.75, 3.05) is 13.2 Å². The van der Waals surface area contributed by atoms with Gasteiger partial charge in [0.1, 0.15) is 0 Å². The summed E-state index contributed by atoms with van der Waals surface area (Å²) in [5.41, 5.74) is 0.532. The van der Waals surface area contributed by atoms with E-state index in [0.717, 1.165) is 25.7 Å². The van der Waals surface area contributed by atoms with Crippen molar-refractivity contribution in [2.24, 2.45) is 22.7 Å². The van der Waals surface area contributed by atoms with Crippen LogP contribution in [0.1, 0.15) is 81.1 Å². The average molecular weight is 350 g/mol. The van der Waals surface area contributed by atoms with E-state index in [1.807, 2.05) is 0 Å². The van der Waals surface area contributed by atoms with E-state index in [4.69, 9.17) is 9.05 Å². The van der Waals surface area contributed by atoms with Crippen LogP contribution < -0.4 is 0 Å². The highest BCUT2D eigenvalue weighted by Crippen LogP contribution is 2.44. The monoisotopic (exact) mass is 350 g/mol. The van der Waals surface area contributed by atoms with Crippen LogP contribution in [0.5, 0.6) is 0 Å². The van der Waals surface area contributed by atoms with Crippen LogP contribution in [0.4, 0.5) is 0 Å². The Labute approximate surface area is 144 Å². The smallest absolute Gasteiger partial charge is 0.302 e. The van der Waals surface area contributed by atoms with E-state index in [9.17, 15) is 9.46 Å². The van der Waals surface area contributed by atoms with Gasteiger partial charge in [-0.3, -0.25) is 9.05 Å². The molecule has 0 radical (unpaired) electrons. The second-order valence-electron chi connectivity index (χ2n) is 9.45. The van der Waals surface area contributed by atoms with Crippen molar-refractivity contribution in [1.29, 1.82) is 0 Å². The maximum atomic E-state index is 11.9. The van der Waals surface area contributed by atoms with Gasteiger partial charge in [-0.2, -0.15) is 0 Å². The topological polar surface area (TPSA) is 55.8 Å². The van der Waals surface area contributed by atoms with Gasteiger partial charge in [-0.1, -0.05) is 55.4 Å². The lowest BCUT2D eigenvalue weighted by atomic mass is 9.84. The molecule has 0 unspecified atom stereocenters. The van der Waals surface area contributed by atoms with E-state index in [-0.39, 0.29) is 24.0 Å². The number of phosphoric acid groups is 1. The molecule has 0 amide bonds. The van der Waals surface area contributed by atoms with Crippen LogP contribution in [-0.4, -0.2) is 18.1 Å². The van der Waals surface area contributed by atoms with Crippen molar-refractivity contribution in [1.82, 2.24) is 0 Å². The Hall–Kier alpha value is 0.110. The summed E-state index contributed by atoms with van der Waals surface area (Å²) in [6, 6.07) is 0. The van der Waals surface area contributed by atoms with Gasteiger partial charge in [-0.05, 0) is 48.3 Å². The van der Waals surface area contributed by atoms with Crippen molar-refractivity contribution < 1.29 is 18.5 Å². The van der Waals surface area contributed by atoms with Gasteiger partial charge in [0, 0.05) is 0 Å². The Morgan fingerprint density at radius 1 is 0.826 bits per heavy atom. The largest absolute Gasteiger partial charge is 0.472 e. The number of hydrogen-bond donors (Lipinski definition) is 1. The van der Waals surface area contributed by atoms with Crippen LogP contribution in [0.15, 0.2) is 0 Å². The Morgan fingerprint density at radius 3 is 1.39 bits per heavy atom. The highest BCUT2D eigenvalue weighted by atomic mass is 31.2. The van der Waals surface area contributed by atoms with Crippen LogP contribution in [0.2, 0.25) is 0 Å². The van der Waals surface area contributed by atoms with Crippen LogP contribution in [0, 0.1) is 22.7 Å². The minimum absolute atomic E-state index is 0.266. The molecule has 0 aromatic rings. The molecule has 0 aromatic heterocycles. The van der Waals surface area contributed by atoms with Crippen LogP contribution in [0.3, 0.4) is 0 Å². The van der Waals surface area contributed by atoms with Crippen molar-refractivity contribution in [3.8, 4) is 0 Å². The van der Waals surface area contributed by atoms with E-state index in [0.29, 0.717) is 11.8 Å². The summed E-state index contributed by atoms with van der Waals surface area (Å²) in [5.74, 6) is 0.920. The van der Waals surface area contributed by atoms with Crippen molar-refractivity contribution in [3.05, 3.63) is 0 Å². The fourth-order valence-corrected chi connectivity index (χ4v) is 3.82.